The van der Waals surface area contributed by atoms with E-state index in [0.717, 1.165) is 0 Å². The molecule has 2 aromatic rings. The van der Waals surface area contributed by atoms with Gasteiger partial charge in [-0.25, -0.2) is 4.79 Å². The van der Waals surface area contributed by atoms with Gasteiger partial charge >= 0.3 is 5.97 Å². The molecule has 2 aromatic carbocycles. The van der Waals surface area contributed by atoms with E-state index in [1.165, 1.54) is 19.1 Å². The van der Waals surface area contributed by atoms with Gasteiger partial charge in [-0.15, -0.1) is 0 Å². The summed E-state index contributed by atoms with van der Waals surface area (Å²) in [5.74, 6) is -1.30. The van der Waals surface area contributed by atoms with Gasteiger partial charge in [0.25, 0.3) is 5.91 Å². The summed E-state index contributed by atoms with van der Waals surface area (Å²) in [5.41, 5.74) is 0.970. The molecule has 0 unspecified atom stereocenters. The third-order valence-corrected chi connectivity index (χ3v) is 3.73. The van der Waals surface area contributed by atoms with Crippen LogP contribution in [0.5, 0.6) is 0 Å². The monoisotopic (exact) mass is 362 g/mol. The van der Waals surface area contributed by atoms with Crippen molar-refractivity contribution in [3.63, 3.8) is 0 Å². The Kier molecular flexibility index (Phi) is 5.80. The molecule has 0 fully saturated rings. The minimum absolute atomic E-state index is 0.0128. The maximum absolute atomic E-state index is 12.1. The van der Waals surface area contributed by atoms with Crippen LogP contribution in [-0.4, -0.2) is 18.0 Å². The first-order chi connectivity index (χ1) is 11.4. The molecule has 7 heteroatoms. The van der Waals surface area contributed by atoms with Crippen LogP contribution in [0.3, 0.4) is 0 Å². The largest absolute Gasteiger partial charge is 0.449 e. The number of ether oxygens (including phenoxy) is 1. The lowest BCUT2D eigenvalue weighted by atomic mass is 10.2. The quantitative estimate of drug-likeness (QED) is 0.832. The lowest BCUT2D eigenvalue weighted by Crippen LogP contribution is -2.30. The van der Waals surface area contributed by atoms with Crippen LogP contribution in [0.25, 0.3) is 0 Å². The average molecular weight is 363 g/mol. The van der Waals surface area contributed by atoms with Crippen LogP contribution in [-0.2, 0) is 9.53 Å². The molecule has 1 N–H and O–H groups in total. The maximum Gasteiger partial charge on any atom is 0.341 e. The second-order valence-electron chi connectivity index (χ2n) is 4.82. The number of halogens is 2. The van der Waals surface area contributed by atoms with Gasteiger partial charge < -0.3 is 10.1 Å². The van der Waals surface area contributed by atoms with E-state index in [4.69, 9.17) is 33.2 Å². The van der Waals surface area contributed by atoms with Crippen LogP contribution in [0.2, 0.25) is 10.0 Å². The zero-order valence-corrected chi connectivity index (χ0v) is 14.1. The van der Waals surface area contributed by atoms with Crippen LogP contribution in [0.15, 0.2) is 42.5 Å². The van der Waals surface area contributed by atoms with Gasteiger partial charge in [0, 0.05) is 5.69 Å². The second-order valence-corrected chi connectivity index (χ2v) is 5.64. The molecule has 0 saturated carbocycles. The Morgan fingerprint density at radius 3 is 2.25 bits per heavy atom. The maximum atomic E-state index is 12.1. The molecular weight excluding hydrogens is 351 g/mol. The van der Waals surface area contributed by atoms with Crippen LogP contribution in [0, 0.1) is 11.3 Å². The minimum Gasteiger partial charge on any atom is -0.449 e. The van der Waals surface area contributed by atoms with Crippen molar-refractivity contribution in [1.82, 2.24) is 0 Å². The summed E-state index contributed by atoms with van der Waals surface area (Å²) in [6.45, 7) is 1.43. The van der Waals surface area contributed by atoms with E-state index in [9.17, 15) is 9.59 Å². The summed E-state index contributed by atoms with van der Waals surface area (Å²) in [5, 5.41) is 11.6. The van der Waals surface area contributed by atoms with E-state index in [0.29, 0.717) is 11.3 Å². The minimum atomic E-state index is -1.06. The van der Waals surface area contributed by atoms with Gasteiger partial charge in [-0.1, -0.05) is 29.3 Å². The molecule has 0 heterocycles. The van der Waals surface area contributed by atoms with E-state index in [-0.39, 0.29) is 15.6 Å². The molecule has 1 amide bonds. The Morgan fingerprint density at radius 2 is 1.71 bits per heavy atom. The molecule has 5 nitrogen and oxygen atoms in total. The van der Waals surface area contributed by atoms with E-state index in [1.54, 1.807) is 30.3 Å². The van der Waals surface area contributed by atoms with Crippen molar-refractivity contribution < 1.29 is 14.3 Å². The van der Waals surface area contributed by atoms with Gasteiger partial charge in [-0.05, 0) is 43.3 Å². The number of hydrogen-bond acceptors (Lipinski definition) is 4. The fourth-order valence-corrected chi connectivity index (χ4v) is 2.39. The van der Waals surface area contributed by atoms with Gasteiger partial charge in [-0.3, -0.25) is 4.79 Å². The van der Waals surface area contributed by atoms with Gasteiger partial charge in [0.1, 0.15) is 0 Å². The summed E-state index contributed by atoms with van der Waals surface area (Å²) in [6.07, 6.45) is -1.06. The van der Waals surface area contributed by atoms with Crippen molar-refractivity contribution in [1.29, 1.82) is 5.26 Å². The van der Waals surface area contributed by atoms with Crippen molar-refractivity contribution in [2.45, 2.75) is 13.0 Å². The molecule has 1 atom stereocenters. The predicted molar refractivity (Wildman–Crippen MR) is 91.1 cm³/mol. The fourth-order valence-electron chi connectivity index (χ4n) is 1.84. The lowest BCUT2D eigenvalue weighted by Gasteiger charge is -2.14. The highest BCUT2D eigenvalue weighted by atomic mass is 35.5. The molecule has 0 aliphatic rings. The molecule has 24 heavy (non-hydrogen) atoms. The molecule has 122 valence electrons. The number of nitrogens with zero attached hydrogens (tertiary/aromatic N) is 1. The summed E-state index contributed by atoms with van der Waals surface area (Å²) in [6, 6.07) is 12.9. The zero-order chi connectivity index (χ0) is 17.7. The number of carbonyl (C=O) groups is 2. The Hall–Kier alpha value is -2.55. The number of nitrogens with one attached hydrogen (secondary N) is 1. The summed E-state index contributed by atoms with van der Waals surface area (Å²) in [7, 11) is 0. The van der Waals surface area contributed by atoms with Crippen molar-refractivity contribution in [3.8, 4) is 6.07 Å². The predicted octanol–water partition coefficient (Wildman–Crippen LogP) is 4.05. The van der Waals surface area contributed by atoms with E-state index >= 15 is 0 Å². The molecule has 0 radical (unpaired) electrons. The molecule has 0 aliphatic carbocycles. The molecule has 0 bridgehead atoms. The molecule has 0 spiro atoms. The third kappa shape index (κ3) is 4.25. The third-order valence-electron chi connectivity index (χ3n) is 3.10. The normalized spacial score (nSPS) is 11.2. The fraction of sp³-hybridized carbons (Fsp3) is 0.118. The van der Waals surface area contributed by atoms with Gasteiger partial charge in [0.15, 0.2) is 6.10 Å². The Balaban J connectivity index is 2.03. The standard InChI is InChI=1S/C17H12Cl2N2O3/c1-10(16(22)21-12-7-5-11(9-20)6-8-12)24-17(23)15-13(18)3-2-4-14(15)19/h2-8,10H,1H3,(H,21,22)/t10-/m0/s1. The van der Waals surface area contributed by atoms with E-state index in [1.807, 2.05) is 6.07 Å². The summed E-state index contributed by atoms with van der Waals surface area (Å²) < 4.78 is 5.10. The highest BCUT2D eigenvalue weighted by Gasteiger charge is 2.22. The molecule has 0 aromatic heterocycles. The number of rotatable bonds is 4. The SMILES string of the molecule is C[C@H](OC(=O)c1c(Cl)cccc1Cl)C(=O)Nc1ccc(C#N)cc1. The van der Waals surface area contributed by atoms with Crippen molar-refractivity contribution in [2.24, 2.45) is 0 Å². The Labute approximate surface area is 148 Å². The number of anilines is 1. The Morgan fingerprint density at radius 1 is 1.12 bits per heavy atom. The molecule has 2 rings (SSSR count). The number of amides is 1. The molecule has 0 saturated heterocycles. The van der Waals surface area contributed by atoms with Crippen molar-refractivity contribution in [2.75, 3.05) is 5.32 Å². The number of carbonyl (C=O) groups excluding carboxylic acids is 2. The van der Waals surface area contributed by atoms with Crippen molar-refractivity contribution in [3.05, 3.63) is 63.6 Å². The smallest absolute Gasteiger partial charge is 0.341 e. The molecular formula is C17H12Cl2N2O3. The number of nitriles is 1. The van der Waals surface area contributed by atoms with Gasteiger partial charge in [0.2, 0.25) is 0 Å². The number of benzene rings is 2. The zero-order valence-electron chi connectivity index (χ0n) is 12.5. The number of esters is 1. The topological polar surface area (TPSA) is 79.2 Å². The van der Waals surface area contributed by atoms with Crippen molar-refractivity contribution >= 4 is 40.8 Å². The first-order valence-electron chi connectivity index (χ1n) is 6.88. The number of hydrogen-bond donors (Lipinski definition) is 1. The van der Waals surface area contributed by atoms with Crippen LogP contribution < -0.4 is 5.32 Å². The highest BCUT2D eigenvalue weighted by molar-refractivity contribution is 6.39. The summed E-state index contributed by atoms with van der Waals surface area (Å²) >= 11 is 11.9. The second kappa shape index (κ2) is 7.82. The lowest BCUT2D eigenvalue weighted by molar-refractivity contribution is -0.123. The summed E-state index contributed by atoms with van der Waals surface area (Å²) in [4.78, 5) is 24.2. The average Bonchev–Trinajstić information content (AvgIpc) is 2.55. The van der Waals surface area contributed by atoms with Gasteiger partial charge in [-0.2, -0.15) is 5.26 Å². The van der Waals surface area contributed by atoms with Crippen LogP contribution >= 0.6 is 23.2 Å². The van der Waals surface area contributed by atoms with E-state index in [2.05, 4.69) is 5.32 Å². The first kappa shape index (κ1) is 17.8. The first-order valence-corrected chi connectivity index (χ1v) is 7.64. The van der Waals surface area contributed by atoms with Crippen LogP contribution in [0.1, 0.15) is 22.8 Å². The van der Waals surface area contributed by atoms with Gasteiger partial charge in [0.05, 0.1) is 27.2 Å². The highest BCUT2D eigenvalue weighted by Crippen LogP contribution is 2.25. The van der Waals surface area contributed by atoms with Crippen LogP contribution in [0.4, 0.5) is 5.69 Å². The van der Waals surface area contributed by atoms with E-state index < -0.39 is 18.0 Å². The molecule has 0 aliphatic heterocycles. The Bertz CT molecular complexity index is 793.